The molecule has 1 aliphatic heterocycles. The van der Waals surface area contributed by atoms with Crippen LogP contribution in [0.3, 0.4) is 0 Å². The van der Waals surface area contributed by atoms with Crippen LogP contribution in [0.2, 0.25) is 0 Å². The van der Waals surface area contributed by atoms with E-state index in [4.69, 9.17) is 5.73 Å². The molecule has 3 rings (SSSR count). The lowest BCUT2D eigenvalue weighted by atomic mass is 10.1. The highest BCUT2D eigenvalue weighted by atomic mass is 15.1. The summed E-state index contributed by atoms with van der Waals surface area (Å²) in [4.78, 5) is 2.47. The maximum atomic E-state index is 5.85. The minimum absolute atomic E-state index is 0.419. The maximum Gasteiger partial charge on any atom is 0.0366 e. The molecular formula is C13H18N2. The van der Waals surface area contributed by atoms with Crippen LogP contribution in [-0.2, 0) is 0 Å². The summed E-state index contributed by atoms with van der Waals surface area (Å²) in [6.07, 6.45) is 3.85. The maximum absolute atomic E-state index is 5.85. The standard InChI is InChI=1S/C13H18N2/c14-13-9-12(13)10-3-5-11(6-4-10)15-7-1-2-8-15/h3-6,12-13H,1-2,7-9,14H2. The molecule has 1 aromatic rings. The highest BCUT2D eigenvalue weighted by molar-refractivity contribution is 5.49. The van der Waals surface area contributed by atoms with Gasteiger partial charge in [-0.2, -0.15) is 0 Å². The van der Waals surface area contributed by atoms with Crippen molar-refractivity contribution in [1.82, 2.24) is 0 Å². The lowest BCUT2D eigenvalue weighted by Crippen LogP contribution is -2.17. The van der Waals surface area contributed by atoms with E-state index < -0.39 is 0 Å². The van der Waals surface area contributed by atoms with E-state index in [-0.39, 0.29) is 0 Å². The Hall–Kier alpha value is -1.02. The monoisotopic (exact) mass is 202 g/mol. The smallest absolute Gasteiger partial charge is 0.0366 e. The third kappa shape index (κ3) is 1.74. The lowest BCUT2D eigenvalue weighted by Gasteiger charge is -2.17. The van der Waals surface area contributed by atoms with Crippen LogP contribution in [0.1, 0.15) is 30.7 Å². The first-order valence-electron chi connectivity index (χ1n) is 5.95. The Morgan fingerprint density at radius 1 is 1.07 bits per heavy atom. The van der Waals surface area contributed by atoms with Gasteiger partial charge in [-0.3, -0.25) is 0 Å². The normalized spacial score (nSPS) is 29.5. The van der Waals surface area contributed by atoms with Crippen molar-refractivity contribution < 1.29 is 0 Å². The van der Waals surface area contributed by atoms with Crippen LogP contribution in [0, 0.1) is 0 Å². The van der Waals surface area contributed by atoms with E-state index in [1.54, 1.807) is 0 Å². The van der Waals surface area contributed by atoms with Crippen molar-refractivity contribution in [2.45, 2.75) is 31.2 Å². The third-order valence-corrected chi connectivity index (χ3v) is 3.63. The zero-order valence-corrected chi connectivity index (χ0v) is 9.02. The van der Waals surface area contributed by atoms with Crippen molar-refractivity contribution in [2.75, 3.05) is 18.0 Å². The van der Waals surface area contributed by atoms with Gasteiger partial charge in [0.15, 0.2) is 0 Å². The lowest BCUT2D eigenvalue weighted by molar-refractivity contribution is 0.949. The molecule has 0 aromatic heterocycles. The summed E-state index contributed by atoms with van der Waals surface area (Å²) in [6.45, 7) is 2.45. The molecule has 0 bridgehead atoms. The third-order valence-electron chi connectivity index (χ3n) is 3.63. The van der Waals surface area contributed by atoms with Gasteiger partial charge in [0.1, 0.15) is 0 Å². The highest BCUT2D eigenvalue weighted by Gasteiger charge is 2.34. The summed E-state index contributed by atoms with van der Waals surface area (Å²) < 4.78 is 0. The van der Waals surface area contributed by atoms with Gasteiger partial charge in [-0.25, -0.2) is 0 Å². The molecule has 2 unspecified atom stereocenters. The van der Waals surface area contributed by atoms with Gasteiger partial charge in [-0.15, -0.1) is 0 Å². The van der Waals surface area contributed by atoms with Gasteiger partial charge in [0.25, 0.3) is 0 Å². The molecule has 2 N–H and O–H groups in total. The number of benzene rings is 1. The molecule has 1 aliphatic carbocycles. The molecule has 1 heterocycles. The van der Waals surface area contributed by atoms with Gasteiger partial charge in [0.2, 0.25) is 0 Å². The minimum atomic E-state index is 0.419. The SMILES string of the molecule is NC1CC1c1ccc(N2CCCC2)cc1. The Balaban J connectivity index is 1.75. The Labute approximate surface area is 91.1 Å². The van der Waals surface area contributed by atoms with E-state index in [1.165, 1.54) is 43.6 Å². The van der Waals surface area contributed by atoms with Gasteiger partial charge in [0, 0.05) is 30.7 Å². The number of anilines is 1. The fraction of sp³-hybridized carbons (Fsp3) is 0.538. The summed E-state index contributed by atoms with van der Waals surface area (Å²) in [7, 11) is 0. The van der Waals surface area contributed by atoms with E-state index in [0.717, 1.165) is 0 Å². The van der Waals surface area contributed by atoms with Gasteiger partial charge >= 0.3 is 0 Å². The largest absolute Gasteiger partial charge is 0.372 e. The molecule has 1 aromatic carbocycles. The van der Waals surface area contributed by atoms with Crippen LogP contribution in [0.5, 0.6) is 0 Å². The van der Waals surface area contributed by atoms with Gasteiger partial charge in [-0.05, 0) is 37.0 Å². The molecule has 15 heavy (non-hydrogen) atoms. The van der Waals surface area contributed by atoms with E-state index >= 15 is 0 Å². The average Bonchev–Trinajstić information content (AvgIpc) is 2.82. The van der Waals surface area contributed by atoms with Crippen molar-refractivity contribution in [1.29, 1.82) is 0 Å². The summed E-state index contributed by atoms with van der Waals surface area (Å²) in [5.74, 6) is 0.637. The van der Waals surface area contributed by atoms with Crippen LogP contribution in [0.25, 0.3) is 0 Å². The van der Waals surface area contributed by atoms with Crippen LogP contribution >= 0.6 is 0 Å². The molecule has 1 saturated heterocycles. The highest BCUT2D eigenvalue weighted by Crippen LogP contribution is 2.39. The Kier molecular flexibility index (Phi) is 2.17. The quantitative estimate of drug-likeness (QED) is 0.795. The van der Waals surface area contributed by atoms with E-state index in [0.29, 0.717) is 12.0 Å². The summed E-state index contributed by atoms with van der Waals surface area (Å²) >= 11 is 0. The molecular weight excluding hydrogens is 184 g/mol. The summed E-state index contributed by atoms with van der Waals surface area (Å²) in [5.41, 5.74) is 8.65. The van der Waals surface area contributed by atoms with Crippen LogP contribution < -0.4 is 10.6 Å². The topological polar surface area (TPSA) is 29.3 Å². The zero-order chi connectivity index (χ0) is 10.3. The summed E-state index contributed by atoms with van der Waals surface area (Å²) in [6, 6.07) is 9.44. The van der Waals surface area contributed by atoms with Crippen LogP contribution in [0.15, 0.2) is 24.3 Å². The molecule has 2 atom stereocenters. The van der Waals surface area contributed by atoms with E-state index in [1.807, 2.05) is 0 Å². The zero-order valence-electron chi connectivity index (χ0n) is 9.02. The Morgan fingerprint density at radius 3 is 2.20 bits per heavy atom. The number of hydrogen-bond donors (Lipinski definition) is 1. The first-order chi connectivity index (χ1) is 7.34. The molecule has 0 radical (unpaired) electrons. The van der Waals surface area contributed by atoms with Crippen molar-refractivity contribution in [3.8, 4) is 0 Å². The van der Waals surface area contributed by atoms with Gasteiger partial charge in [-0.1, -0.05) is 12.1 Å². The van der Waals surface area contributed by atoms with Crippen LogP contribution in [0.4, 0.5) is 5.69 Å². The van der Waals surface area contributed by atoms with Crippen molar-refractivity contribution in [2.24, 2.45) is 5.73 Å². The fourth-order valence-corrected chi connectivity index (χ4v) is 2.51. The average molecular weight is 202 g/mol. The number of nitrogens with zero attached hydrogens (tertiary/aromatic N) is 1. The molecule has 0 amide bonds. The van der Waals surface area contributed by atoms with Crippen molar-refractivity contribution in [3.05, 3.63) is 29.8 Å². The second-order valence-corrected chi connectivity index (χ2v) is 4.79. The predicted molar refractivity (Wildman–Crippen MR) is 63.2 cm³/mol. The fourth-order valence-electron chi connectivity index (χ4n) is 2.51. The molecule has 1 saturated carbocycles. The van der Waals surface area contributed by atoms with Crippen molar-refractivity contribution in [3.63, 3.8) is 0 Å². The first-order valence-corrected chi connectivity index (χ1v) is 5.95. The van der Waals surface area contributed by atoms with Gasteiger partial charge in [0.05, 0.1) is 0 Å². The minimum Gasteiger partial charge on any atom is -0.372 e. The number of rotatable bonds is 2. The predicted octanol–water partition coefficient (Wildman–Crippen LogP) is 2.10. The molecule has 0 spiro atoms. The molecule has 2 fully saturated rings. The molecule has 2 aliphatic rings. The van der Waals surface area contributed by atoms with Gasteiger partial charge < -0.3 is 10.6 Å². The Bertz CT molecular complexity index is 338. The summed E-state index contributed by atoms with van der Waals surface area (Å²) in [5, 5.41) is 0. The second-order valence-electron chi connectivity index (χ2n) is 4.79. The Morgan fingerprint density at radius 2 is 1.67 bits per heavy atom. The van der Waals surface area contributed by atoms with Crippen LogP contribution in [-0.4, -0.2) is 19.1 Å². The molecule has 2 heteroatoms. The molecule has 2 nitrogen and oxygen atoms in total. The molecule has 80 valence electrons. The number of nitrogens with two attached hydrogens (primary N) is 1. The number of hydrogen-bond acceptors (Lipinski definition) is 2. The van der Waals surface area contributed by atoms with E-state index in [9.17, 15) is 0 Å². The van der Waals surface area contributed by atoms with E-state index in [2.05, 4.69) is 29.2 Å². The van der Waals surface area contributed by atoms with Crippen molar-refractivity contribution >= 4 is 5.69 Å². The first kappa shape index (κ1) is 9.22. The second kappa shape index (κ2) is 3.53.